The van der Waals surface area contributed by atoms with E-state index in [1.54, 1.807) is 20.8 Å². The Morgan fingerprint density at radius 1 is 1.19 bits per heavy atom. The number of allylic oxidation sites excluding steroid dienone is 1. The van der Waals surface area contributed by atoms with E-state index in [4.69, 9.17) is 23.7 Å². The van der Waals surface area contributed by atoms with Crippen LogP contribution in [0.1, 0.15) is 81.1 Å². The minimum atomic E-state index is -1.78. The van der Waals surface area contributed by atoms with Crippen LogP contribution in [0.5, 0.6) is 0 Å². The number of nitrogens with zero attached hydrogens (tertiary/aromatic N) is 3. The Morgan fingerprint density at radius 2 is 1.85 bits per heavy atom. The summed E-state index contributed by atoms with van der Waals surface area (Å²) in [6, 6.07) is 1.72. The molecule has 0 spiro atoms. The van der Waals surface area contributed by atoms with Crippen LogP contribution in [0.3, 0.4) is 0 Å². The van der Waals surface area contributed by atoms with Gasteiger partial charge in [-0.3, -0.25) is 14.4 Å². The molecule has 2 N–H and O–H groups in total. The molecule has 3 aliphatic rings. The first-order chi connectivity index (χ1) is 22.4. The molecule has 12 atom stereocenters. The normalized spacial score (nSPS) is 42.4. The second-order valence-corrected chi connectivity index (χ2v) is 14.4. The molecule has 0 aromatic carbocycles. The smallest absolute Gasteiger partial charge is 0.316 e. The van der Waals surface area contributed by atoms with E-state index in [1.165, 1.54) is 26.8 Å². The number of likely N-dealkylation sites (N-methyl/N-ethyl adjacent to an activating group) is 1. The molecule has 0 aromatic rings. The number of hydrogen-bond donors (Lipinski definition) is 2. The number of aliphatic hydroxyl groups excluding tert-OH is 1. The van der Waals surface area contributed by atoms with E-state index in [2.05, 4.69) is 4.99 Å². The lowest BCUT2D eigenvalue weighted by Crippen LogP contribution is -2.59. The summed E-state index contributed by atoms with van der Waals surface area (Å²) in [7, 11) is 3.71. The zero-order chi connectivity index (χ0) is 36.1. The maximum absolute atomic E-state index is 14.2. The molecule has 3 rings (SSSR count). The van der Waals surface area contributed by atoms with Gasteiger partial charge >= 0.3 is 5.97 Å². The molecule has 3 saturated heterocycles. The van der Waals surface area contributed by atoms with E-state index in [1.807, 2.05) is 38.9 Å². The number of esters is 1. The SMILES string of the molecule is CC[C@H]1OC(=O)[C@H](C)C(=O)[C@H](C)[C@@H](O[C@@H]2O[C@H](C)C[C@H](N(C)C)[C@H]2O)[C@@]2(C)C[C@@H](C)C(=NC(C)=O)C[C@@H](OC/C(=C/C#N)CO2)[C@]1(C)O. The third-order valence-corrected chi connectivity index (χ3v) is 10.1. The summed E-state index contributed by atoms with van der Waals surface area (Å²) < 4.78 is 31.5. The van der Waals surface area contributed by atoms with E-state index >= 15 is 0 Å². The molecule has 0 saturated carbocycles. The van der Waals surface area contributed by atoms with Gasteiger partial charge in [0.25, 0.3) is 0 Å². The van der Waals surface area contributed by atoms with Gasteiger partial charge in [-0.2, -0.15) is 5.26 Å². The van der Waals surface area contributed by atoms with Gasteiger partial charge in [-0.25, -0.2) is 4.99 Å². The predicted octanol–water partition coefficient (Wildman–Crippen LogP) is 2.75. The van der Waals surface area contributed by atoms with E-state index in [0.29, 0.717) is 17.7 Å². The van der Waals surface area contributed by atoms with Gasteiger partial charge in [0.2, 0.25) is 5.91 Å². The van der Waals surface area contributed by atoms with Gasteiger partial charge in [-0.05, 0) is 72.5 Å². The third-order valence-electron chi connectivity index (χ3n) is 10.1. The highest BCUT2D eigenvalue weighted by Gasteiger charge is 2.51. The molecular weight excluding hydrogens is 622 g/mol. The van der Waals surface area contributed by atoms with Crippen LogP contribution in [0.25, 0.3) is 0 Å². The van der Waals surface area contributed by atoms with Crippen molar-refractivity contribution < 1.29 is 48.3 Å². The number of ketones is 1. The Kier molecular flexibility index (Phi) is 13.6. The van der Waals surface area contributed by atoms with Gasteiger partial charge in [-0.15, -0.1) is 0 Å². The van der Waals surface area contributed by atoms with Crippen molar-refractivity contribution in [1.29, 1.82) is 5.26 Å². The quantitative estimate of drug-likeness (QED) is 0.253. The number of cyclic esters (lactones) is 1. The van der Waals surface area contributed by atoms with Crippen LogP contribution in [0.15, 0.2) is 16.6 Å². The minimum Gasteiger partial charge on any atom is -0.459 e. The summed E-state index contributed by atoms with van der Waals surface area (Å²) in [6.45, 7) is 12.9. The van der Waals surface area contributed by atoms with Crippen molar-refractivity contribution in [3.05, 3.63) is 11.6 Å². The largest absolute Gasteiger partial charge is 0.459 e. The number of nitriles is 1. The molecule has 13 heteroatoms. The Bertz CT molecular complexity index is 1280. The van der Waals surface area contributed by atoms with Crippen molar-refractivity contribution in [2.75, 3.05) is 27.3 Å². The first-order valence-corrected chi connectivity index (χ1v) is 16.9. The van der Waals surface area contributed by atoms with E-state index in [9.17, 15) is 29.9 Å². The number of Topliss-reactive ketones (excluding diaryl/α,β-unsaturated/α-hetero) is 1. The lowest BCUT2D eigenvalue weighted by molar-refractivity contribution is -0.296. The average Bonchev–Trinajstić information content (AvgIpc) is 3.03. The van der Waals surface area contributed by atoms with Crippen molar-refractivity contribution in [2.45, 2.75) is 135 Å². The maximum Gasteiger partial charge on any atom is 0.316 e. The van der Waals surface area contributed by atoms with E-state index in [-0.39, 0.29) is 44.6 Å². The number of aliphatic imine (C=N–C) groups is 1. The highest BCUT2D eigenvalue weighted by atomic mass is 16.7. The predicted molar refractivity (Wildman–Crippen MR) is 176 cm³/mol. The molecule has 2 bridgehead atoms. The van der Waals surface area contributed by atoms with Gasteiger partial charge in [0.05, 0.1) is 43.2 Å². The molecule has 3 aliphatic heterocycles. The first-order valence-electron chi connectivity index (χ1n) is 16.9. The third kappa shape index (κ3) is 9.15. The minimum absolute atomic E-state index is 0.000246. The van der Waals surface area contributed by atoms with Gasteiger partial charge in [0, 0.05) is 37.1 Å². The Balaban J connectivity index is 2.30. The summed E-state index contributed by atoms with van der Waals surface area (Å²) in [5.74, 6) is -4.47. The van der Waals surface area contributed by atoms with Crippen molar-refractivity contribution in [3.8, 4) is 6.07 Å². The summed E-state index contributed by atoms with van der Waals surface area (Å²) in [5, 5.41) is 33.0. The second kappa shape index (κ2) is 16.4. The molecule has 3 fully saturated rings. The summed E-state index contributed by atoms with van der Waals surface area (Å²) >= 11 is 0. The summed E-state index contributed by atoms with van der Waals surface area (Å²) in [6.07, 6.45) is -3.51. The Hall–Kier alpha value is -2.57. The number of carbonyl (C=O) groups is 3. The molecule has 270 valence electrons. The fourth-order valence-electron chi connectivity index (χ4n) is 7.16. The fraction of sp³-hybridized carbons (Fsp3) is 0.800. The molecule has 13 nitrogen and oxygen atoms in total. The number of hydrogen-bond acceptors (Lipinski definition) is 12. The zero-order valence-corrected chi connectivity index (χ0v) is 30.1. The number of amides is 1. The van der Waals surface area contributed by atoms with Crippen LogP contribution >= 0.6 is 0 Å². The number of carbonyl (C=O) groups excluding carboxylic acids is 3. The molecular formula is C35H55N3O10. The molecule has 0 unspecified atom stereocenters. The molecule has 0 aliphatic carbocycles. The highest BCUT2D eigenvalue weighted by molar-refractivity contribution is 6.00. The summed E-state index contributed by atoms with van der Waals surface area (Å²) in [4.78, 5) is 46.5. The molecule has 48 heavy (non-hydrogen) atoms. The monoisotopic (exact) mass is 677 g/mol. The zero-order valence-electron chi connectivity index (χ0n) is 30.1. The van der Waals surface area contributed by atoms with Crippen molar-refractivity contribution in [3.63, 3.8) is 0 Å². The van der Waals surface area contributed by atoms with Crippen molar-refractivity contribution >= 4 is 23.4 Å². The number of ether oxygens (including phenoxy) is 5. The lowest BCUT2D eigenvalue weighted by atomic mass is 9.76. The topological polar surface area (TPSA) is 177 Å². The van der Waals surface area contributed by atoms with Crippen LogP contribution < -0.4 is 0 Å². The van der Waals surface area contributed by atoms with Crippen LogP contribution in [-0.4, -0.2) is 120 Å². The van der Waals surface area contributed by atoms with Gasteiger partial charge < -0.3 is 38.8 Å². The maximum atomic E-state index is 14.2. The van der Waals surface area contributed by atoms with E-state index in [0.717, 1.165) is 0 Å². The molecule has 0 radical (unpaired) electrons. The standard InChI is InChI=1S/C35H55N3O10/c1-11-27-35(8,43)28-15-25(37-23(6)39)19(2)16-34(7,45-18-24(12-13-36)17-44-28)31(21(4)29(40)22(5)32(42)47-27)48-33-30(41)26(38(9)10)14-20(3)46-33/h12,19-22,26-28,30-31,33,41,43H,11,14-18H2,1-10H3/b24-12-,37-25?/t19-,20-,21+,22-,26+,27-,28-,30-,31-,33+,34-,35-/m1/s1. The number of aliphatic hydroxyl groups is 2. The average molecular weight is 678 g/mol. The van der Waals surface area contributed by atoms with Gasteiger partial charge in [0.1, 0.15) is 23.7 Å². The van der Waals surface area contributed by atoms with Crippen molar-refractivity contribution in [1.82, 2.24) is 4.90 Å². The molecule has 0 aromatic heterocycles. The van der Waals surface area contributed by atoms with Gasteiger partial charge in [-0.1, -0.05) is 20.8 Å². The van der Waals surface area contributed by atoms with E-state index < -0.39 is 77.3 Å². The van der Waals surface area contributed by atoms with Crippen LogP contribution in [-0.2, 0) is 38.1 Å². The Morgan fingerprint density at radius 3 is 2.44 bits per heavy atom. The summed E-state index contributed by atoms with van der Waals surface area (Å²) in [5.41, 5.74) is -2.25. The molecule has 3 heterocycles. The van der Waals surface area contributed by atoms with Crippen LogP contribution in [0.2, 0.25) is 0 Å². The highest BCUT2D eigenvalue weighted by Crippen LogP contribution is 2.39. The van der Waals surface area contributed by atoms with Crippen LogP contribution in [0, 0.1) is 29.1 Å². The number of fused-ring (bicyclic) bond motifs is 5. The number of rotatable bonds is 4. The molecule has 1 amide bonds. The van der Waals surface area contributed by atoms with Crippen molar-refractivity contribution in [2.24, 2.45) is 22.7 Å². The Labute approximate surface area is 284 Å². The van der Waals surface area contributed by atoms with Gasteiger partial charge in [0.15, 0.2) is 12.1 Å². The van der Waals surface area contributed by atoms with Crippen LogP contribution in [0.4, 0.5) is 0 Å². The lowest BCUT2D eigenvalue weighted by Gasteiger charge is -2.47. The fourth-order valence-corrected chi connectivity index (χ4v) is 7.16. The first kappa shape index (κ1) is 39.9. The second-order valence-electron chi connectivity index (χ2n) is 14.4.